The molecule has 6 heteroatoms. The molecule has 0 aliphatic heterocycles. The molecule has 0 N–H and O–H groups in total. The van der Waals surface area contributed by atoms with E-state index in [0.717, 1.165) is 21.2 Å². The van der Waals surface area contributed by atoms with E-state index < -0.39 is 0 Å². The van der Waals surface area contributed by atoms with Crippen LogP contribution in [-0.4, -0.2) is 19.6 Å². The smallest absolute Gasteiger partial charge is 0.209 e. The van der Waals surface area contributed by atoms with Gasteiger partial charge in [0, 0.05) is 5.75 Å². The maximum absolute atomic E-state index is 4.41. The standard InChI is InChI=1S/C12H9BrN4S/c13-10-6-14-7-11-15-12(16-17(10)11)18-8-9-4-2-1-3-5-9/h1-7H,8H2. The Labute approximate surface area is 117 Å². The first-order valence-electron chi connectivity index (χ1n) is 5.36. The number of hydrogen-bond acceptors (Lipinski definition) is 4. The largest absolute Gasteiger partial charge is 0.258 e. The Bertz CT molecular complexity index is 668. The minimum atomic E-state index is 0.750. The van der Waals surface area contributed by atoms with E-state index in [1.54, 1.807) is 28.7 Å². The number of rotatable bonds is 3. The summed E-state index contributed by atoms with van der Waals surface area (Å²) >= 11 is 5.01. The maximum Gasteiger partial charge on any atom is 0.209 e. The molecule has 0 radical (unpaired) electrons. The van der Waals surface area contributed by atoms with Crippen LogP contribution in [0.5, 0.6) is 0 Å². The zero-order chi connectivity index (χ0) is 12.4. The van der Waals surface area contributed by atoms with E-state index in [4.69, 9.17) is 0 Å². The van der Waals surface area contributed by atoms with Crippen LogP contribution in [0.25, 0.3) is 5.65 Å². The van der Waals surface area contributed by atoms with Crippen molar-refractivity contribution < 1.29 is 0 Å². The van der Waals surface area contributed by atoms with Gasteiger partial charge in [0.1, 0.15) is 4.60 Å². The molecule has 90 valence electrons. The number of thioether (sulfide) groups is 1. The van der Waals surface area contributed by atoms with E-state index in [1.807, 2.05) is 18.2 Å². The van der Waals surface area contributed by atoms with Crippen molar-refractivity contribution in [3.05, 3.63) is 52.9 Å². The summed E-state index contributed by atoms with van der Waals surface area (Å²) in [4.78, 5) is 8.48. The van der Waals surface area contributed by atoms with Gasteiger partial charge in [-0.15, -0.1) is 5.10 Å². The van der Waals surface area contributed by atoms with E-state index in [2.05, 4.69) is 43.1 Å². The van der Waals surface area contributed by atoms with Crippen LogP contribution in [0.2, 0.25) is 0 Å². The van der Waals surface area contributed by atoms with Crippen LogP contribution in [0.4, 0.5) is 0 Å². The molecule has 0 saturated carbocycles. The van der Waals surface area contributed by atoms with Crippen LogP contribution in [-0.2, 0) is 5.75 Å². The molecule has 1 aromatic carbocycles. The van der Waals surface area contributed by atoms with Crippen LogP contribution in [0.3, 0.4) is 0 Å². The Morgan fingerprint density at radius 3 is 2.78 bits per heavy atom. The summed E-state index contributed by atoms with van der Waals surface area (Å²) in [5, 5.41) is 5.17. The summed E-state index contributed by atoms with van der Waals surface area (Å²) < 4.78 is 2.54. The fraction of sp³-hybridized carbons (Fsp3) is 0.0833. The molecule has 0 spiro atoms. The van der Waals surface area contributed by atoms with Gasteiger partial charge in [0.05, 0.1) is 12.4 Å². The molecule has 2 heterocycles. The second-order valence-corrected chi connectivity index (χ2v) is 5.42. The molecule has 0 saturated heterocycles. The van der Waals surface area contributed by atoms with Crippen molar-refractivity contribution in [2.24, 2.45) is 0 Å². The summed E-state index contributed by atoms with van der Waals surface area (Å²) in [5.41, 5.74) is 2.01. The van der Waals surface area contributed by atoms with Crippen molar-refractivity contribution in [1.82, 2.24) is 19.6 Å². The Morgan fingerprint density at radius 1 is 1.17 bits per heavy atom. The highest BCUT2D eigenvalue weighted by atomic mass is 79.9. The summed E-state index contributed by atoms with van der Waals surface area (Å²) in [6.07, 6.45) is 3.40. The molecule has 0 fully saturated rings. The highest BCUT2D eigenvalue weighted by molar-refractivity contribution is 9.10. The monoisotopic (exact) mass is 320 g/mol. The third-order valence-electron chi connectivity index (χ3n) is 2.40. The van der Waals surface area contributed by atoms with Crippen LogP contribution in [0.15, 0.2) is 52.5 Å². The van der Waals surface area contributed by atoms with E-state index in [-0.39, 0.29) is 0 Å². The third kappa shape index (κ3) is 2.39. The lowest BCUT2D eigenvalue weighted by Gasteiger charge is -1.96. The van der Waals surface area contributed by atoms with Gasteiger partial charge in [-0.25, -0.2) is 4.52 Å². The number of halogens is 1. The molecule has 18 heavy (non-hydrogen) atoms. The number of hydrogen-bond donors (Lipinski definition) is 0. The van der Waals surface area contributed by atoms with E-state index in [0.29, 0.717) is 0 Å². The average molecular weight is 321 g/mol. The Morgan fingerprint density at radius 2 is 2.00 bits per heavy atom. The second-order valence-electron chi connectivity index (χ2n) is 3.67. The van der Waals surface area contributed by atoms with Gasteiger partial charge in [0.25, 0.3) is 0 Å². The molecule has 0 bridgehead atoms. The second kappa shape index (κ2) is 5.07. The Balaban J connectivity index is 1.81. The molecule has 0 aliphatic rings. The molecule has 0 aliphatic carbocycles. The maximum atomic E-state index is 4.41. The van der Waals surface area contributed by atoms with Crippen LogP contribution >= 0.6 is 27.7 Å². The van der Waals surface area contributed by atoms with Gasteiger partial charge in [-0.3, -0.25) is 4.98 Å². The Hall–Kier alpha value is -1.40. The summed E-state index contributed by atoms with van der Waals surface area (Å²) in [5.74, 6) is 0.864. The Kier molecular flexibility index (Phi) is 3.29. The third-order valence-corrected chi connectivity index (χ3v) is 3.85. The predicted octanol–water partition coefficient (Wildman–Crippen LogP) is 3.18. The molecule has 0 unspecified atom stereocenters. The van der Waals surface area contributed by atoms with Crippen LogP contribution in [0.1, 0.15) is 5.56 Å². The molecular formula is C12H9BrN4S. The summed E-state index contributed by atoms with van der Waals surface area (Å²) in [7, 11) is 0. The van der Waals surface area contributed by atoms with Gasteiger partial charge in [0.2, 0.25) is 5.16 Å². The first kappa shape index (κ1) is 11.7. The number of benzene rings is 1. The summed E-state index contributed by atoms with van der Waals surface area (Å²) in [6.45, 7) is 0. The van der Waals surface area contributed by atoms with Gasteiger partial charge in [0.15, 0.2) is 5.65 Å². The minimum absolute atomic E-state index is 0.750. The molecule has 2 aromatic heterocycles. The number of fused-ring (bicyclic) bond motifs is 1. The highest BCUT2D eigenvalue weighted by Gasteiger charge is 2.06. The van der Waals surface area contributed by atoms with Crippen LogP contribution in [0, 0.1) is 0 Å². The van der Waals surface area contributed by atoms with Gasteiger partial charge in [-0.2, -0.15) is 4.98 Å². The van der Waals surface area contributed by atoms with Crippen molar-refractivity contribution in [3.8, 4) is 0 Å². The first-order chi connectivity index (χ1) is 8.83. The minimum Gasteiger partial charge on any atom is -0.258 e. The summed E-state index contributed by atoms with van der Waals surface area (Å²) in [6, 6.07) is 10.3. The van der Waals surface area contributed by atoms with E-state index in [1.165, 1.54) is 5.56 Å². The van der Waals surface area contributed by atoms with Crippen molar-refractivity contribution in [1.29, 1.82) is 0 Å². The molecule has 0 amide bonds. The van der Waals surface area contributed by atoms with Crippen LogP contribution < -0.4 is 0 Å². The normalized spacial score (nSPS) is 10.9. The number of nitrogens with zero attached hydrogens (tertiary/aromatic N) is 4. The molecule has 3 aromatic rings. The number of aromatic nitrogens is 4. The van der Waals surface area contributed by atoms with Gasteiger partial charge >= 0.3 is 0 Å². The topological polar surface area (TPSA) is 43.1 Å². The van der Waals surface area contributed by atoms with Gasteiger partial charge in [-0.1, -0.05) is 42.1 Å². The highest BCUT2D eigenvalue weighted by Crippen LogP contribution is 2.21. The molecule has 4 nitrogen and oxygen atoms in total. The van der Waals surface area contributed by atoms with Crippen molar-refractivity contribution in [2.45, 2.75) is 10.9 Å². The van der Waals surface area contributed by atoms with Crippen molar-refractivity contribution in [3.63, 3.8) is 0 Å². The predicted molar refractivity (Wildman–Crippen MR) is 74.5 cm³/mol. The molecular weight excluding hydrogens is 312 g/mol. The van der Waals surface area contributed by atoms with Gasteiger partial charge in [-0.05, 0) is 21.5 Å². The fourth-order valence-electron chi connectivity index (χ4n) is 1.55. The molecule has 0 atom stereocenters. The molecule has 3 rings (SSSR count). The van der Waals surface area contributed by atoms with E-state index in [9.17, 15) is 0 Å². The lowest BCUT2D eigenvalue weighted by atomic mass is 10.2. The fourth-order valence-corrected chi connectivity index (χ4v) is 2.71. The first-order valence-corrected chi connectivity index (χ1v) is 7.14. The van der Waals surface area contributed by atoms with Gasteiger partial charge < -0.3 is 0 Å². The van der Waals surface area contributed by atoms with Crippen molar-refractivity contribution >= 4 is 33.3 Å². The van der Waals surface area contributed by atoms with E-state index >= 15 is 0 Å². The zero-order valence-corrected chi connectivity index (χ0v) is 11.7. The lowest BCUT2D eigenvalue weighted by molar-refractivity contribution is 0.862. The van der Waals surface area contributed by atoms with Crippen molar-refractivity contribution in [2.75, 3.05) is 0 Å². The average Bonchev–Trinajstić information content (AvgIpc) is 2.82. The zero-order valence-electron chi connectivity index (χ0n) is 9.32. The lowest BCUT2D eigenvalue weighted by Crippen LogP contribution is -1.90. The SMILES string of the molecule is Brc1cncc2nc(SCc3ccccc3)nn12. The quantitative estimate of drug-likeness (QED) is 0.695.